The van der Waals surface area contributed by atoms with Crippen LogP contribution in [0.5, 0.6) is 0 Å². The lowest BCUT2D eigenvalue weighted by Crippen LogP contribution is -2.27. The zero-order valence-electron chi connectivity index (χ0n) is 12.7. The Labute approximate surface area is 129 Å². The van der Waals surface area contributed by atoms with Crippen molar-refractivity contribution in [3.8, 4) is 0 Å². The highest BCUT2D eigenvalue weighted by Gasteiger charge is 2.05. The maximum Gasteiger partial charge on any atom is 0.251 e. The minimum absolute atomic E-state index is 0.0541. The Kier molecular flexibility index (Phi) is 5.36. The molecular weight excluding hydrogens is 278 g/mol. The highest BCUT2D eigenvalue weighted by atomic mass is 16.2. The SMILES string of the molecule is CCCCc1ccc(NC(=O)Cn2cc(N)ccc2=O)cc1. The third-order valence-corrected chi connectivity index (χ3v) is 3.38. The molecule has 0 aliphatic carbocycles. The summed E-state index contributed by atoms with van der Waals surface area (Å²) >= 11 is 0. The quantitative estimate of drug-likeness (QED) is 0.860. The van der Waals surface area contributed by atoms with E-state index in [0.29, 0.717) is 5.69 Å². The van der Waals surface area contributed by atoms with Crippen molar-refractivity contribution in [1.82, 2.24) is 4.57 Å². The first kappa shape index (κ1) is 15.8. The molecule has 2 rings (SSSR count). The van der Waals surface area contributed by atoms with Gasteiger partial charge in [0.2, 0.25) is 5.91 Å². The summed E-state index contributed by atoms with van der Waals surface area (Å²) < 4.78 is 1.29. The van der Waals surface area contributed by atoms with Crippen molar-refractivity contribution in [3.63, 3.8) is 0 Å². The molecule has 1 aromatic heterocycles. The largest absolute Gasteiger partial charge is 0.398 e. The van der Waals surface area contributed by atoms with Crippen molar-refractivity contribution in [3.05, 3.63) is 58.5 Å². The van der Waals surface area contributed by atoms with Gasteiger partial charge in [0.25, 0.3) is 5.56 Å². The van der Waals surface area contributed by atoms with Gasteiger partial charge in [0.1, 0.15) is 6.54 Å². The summed E-state index contributed by atoms with van der Waals surface area (Å²) in [6.07, 6.45) is 4.83. The molecule has 0 spiro atoms. The van der Waals surface area contributed by atoms with E-state index >= 15 is 0 Å². The molecule has 0 fully saturated rings. The Morgan fingerprint density at radius 2 is 1.91 bits per heavy atom. The number of rotatable bonds is 6. The van der Waals surface area contributed by atoms with Gasteiger partial charge in [0.05, 0.1) is 0 Å². The second-order valence-electron chi connectivity index (χ2n) is 5.28. The van der Waals surface area contributed by atoms with E-state index in [1.807, 2.05) is 24.3 Å². The predicted octanol–water partition coefficient (Wildman–Crippen LogP) is 2.41. The summed E-state index contributed by atoms with van der Waals surface area (Å²) in [7, 11) is 0. The topological polar surface area (TPSA) is 77.1 Å². The number of benzene rings is 1. The lowest BCUT2D eigenvalue weighted by Gasteiger charge is -2.08. The summed E-state index contributed by atoms with van der Waals surface area (Å²) in [6.45, 7) is 2.11. The number of unbranched alkanes of at least 4 members (excludes halogenated alkanes) is 1. The molecule has 0 unspecified atom stereocenters. The Hall–Kier alpha value is -2.56. The average molecular weight is 299 g/mol. The molecule has 0 bridgehead atoms. The number of nitrogens with zero attached hydrogens (tertiary/aromatic N) is 1. The van der Waals surface area contributed by atoms with Crippen molar-refractivity contribution in [1.29, 1.82) is 0 Å². The highest BCUT2D eigenvalue weighted by Crippen LogP contribution is 2.12. The average Bonchev–Trinajstić information content (AvgIpc) is 2.50. The van der Waals surface area contributed by atoms with Gasteiger partial charge in [0, 0.05) is 23.6 Å². The van der Waals surface area contributed by atoms with Crippen LogP contribution in [0.15, 0.2) is 47.4 Å². The van der Waals surface area contributed by atoms with Crippen LogP contribution in [0.25, 0.3) is 0 Å². The van der Waals surface area contributed by atoms with Gasteiger partial charge in [-0.05, 0) is 36.6 Å². The zero-order valence-corrected chi connectivity index (χ0v) is 12.7. The van der Waals surface area contributed by atoms with Crippen LogP contribution in [0.4, 0.5) is 11.4 Å². The maximum atomic E-state index is 12.0. The lowest BCUT2D eigenvalue weighted by atomic mass is 10.1. The summed E-state index contributed by atoms with van der Waals surface area (Å²) in [5, 5.41) is 2.78. The number of aryl methyl sites for hydroxylation is 1. The van der Waals surface area contributed by atoms with Gasteiger partial charge in [-0.15, -0.1) is 0 Å². The van der Waals surface area contributed by atoms with Crippen LogP contribution in [0, 0.1) is 0 Å². The molecule has 0 aliphatic rings. The molecule has 1 amide bonds. The second kappa shape index (κ2) is 7.45. The van der Waals surface area contributed by atoms with Crippen LogP contribution in [0.3, 0.4) is 0 Å². The molecular formula is C17H21N3O2. The van der Waals surface area contributed by atoms with Crippen LogP contribution in [0.2, 0.25) is 0 Å². The molecule has 3 N–H and O–H groups in total. The van der Waals surface area contributed by atoms with Gasteiger partial charge in [-0.2, -0.15) is 0 Å². The van der Waals surface area contributed by atoms with Gasteiger partial charge in [-0.3, -0.25) is 9.59 Å². The molecule has 116 valence electrons. The van der Waals surface area contributed by atoms with Crippen molar-refractivity contribution in [2.24, 2.45) is 0 Å². The highest BCUT2D eigenvalue weighted by molar-refractivity contribution is 5.90. The number of amides is 1. The van der Waals surface area contributed by atoms with Gasteiger partial charge >= 0.3 is 0 Å². The molecule has 0 saturated carbocycles. The summed E-state index contributed by atoms with van der Waals surface area (Å²) in [5.74, 6) is -0.256. The zero-order chi connectivity index (χ0) is 15.9. The van der Waals surface area contributed by atoms with Crippen LogP contribution in [0.1, 0.15) is 25.3 Å². The Morgan fingerprint density at radius 1 is 1.18 bits per heavy atom. The second-order valence-corrected chi connectivity index (χ2v) is 5.28. The van der Waals surface area contributed by atoms with Crippen LogP contribution >= 0.6 is 0 Å². The Balaban J connectivity index is 1.97. The number of anilines is 2. The van der Waals surface area contributed by atoms with E-state index in [-0.39, 0.29) is 18.0 Å². The van der Waals surface area contributed by atoms with E-state index in [1.54, 1.807) is 0 Å². The number of carbonyl (C=O) groups is 1. The van der Waals surface area contributed by atoms with Crippen LogP contribution < -0.4 is 16.6 Å². The molecule has 5 heteroatoms. The summed E-state index contributed by atoms with van der Waals surface area (Å²) in [6, 6.07) is 10.7. The van der Waals surface area contributed by atoms with E-state index in [9.17, 15) is 9.59 Å². The molecule has 0 radical (unpaired) electrons. The van der Waals surface area contributed by atoms with E-state index in [2.05, 4.69) is 12.2 Å². The standard InChI is InChI=1S/C17H21N3O2/c1-2-3-4-13-5-8-15(9-6-13)19-16(21)12-20-11-14(18)7-10-17(20)22/h5-11H,2-4,12,18H2,1H3,(H,19,21). The summed E-state index contributed by atoms with van der Waals surface area (Å²) in [4.78, 5) is 23.6. The van der Waals surface area contributed by atoms with E-state index in [4.69, 9.17) is 5.73 Å². The van der Waals surface area contributed by atoms with Gasteiger partial charge in [-0.1, -0.05) is 25.5 Å². The van der Waals surface area contributed by atoms with Crippen LogP contribution in [-0.4, -0.2) is 10.5 Å². The first-order valence-corrected chi connectivity index (χ1v) is 7.43. The van der Waals surface area contributed by atoms with Crippen LogP contribution in [-0.2, 0) is 17.8 Å². The van der Waals surface area contributed by atoms with E-state index in [0.717, 1.165) is 24.9 Å². The van der Waals surface area contributed by atoms with Crippen molar-refractivity contribution < 1.29 is 4.79 Å². The normalized spacial score (nSPS) is 10.4. The minimum atomic E-state index is -0.256. The molecule has 22 heavy (non-hydrogen) atoms. The third kappa shape index (κ3) is 4.48. The Morgan fingerprint density at radius 3 is 2.59 bits per heavy atom. The first-order valence-electron chi connectivity index (χ1n) is 7.43. The molecule has 5 nitrogen and oxygen atoms in total. The Bertz CT molecular complexity index is 690. The maximum absolute atomic E-state index is 12.0. The molecule has 1 aromatic carbocycles. The van der Waals surface area contributed by atoms with Gasteiger partial charge in [-0.25, -0.2) is 0 Å². The van der Waals surface area contributed by atoms with Crippen molar-refractivity contribution >= 4 is 17.3 Å². The van der Waals surface area contributed by atoms with E-state index in [1.165, 1.54) is 28.5 Å². The molecule has 0 saturated heterocycles. The number of nitrogens with two attached hydrogens (primary N) is 1. The fraction of sp³-hybridized carbons (Fsp3) is 0.294. The monoisotopic (exact) mass is 299 g/mol. The number of nitrogens with one attached hydrogen (secondary N) is 1. The minimum Gasteiger partial charge on any atom is -0.398 e. The number of pyridine rings is 1. The molecule has 0 aliphatic heterocycles. The van der Waals surface area contributed by atoms with Crippen molar-refractivity contribution in [2.75, 3.05) is 11.1 Å². The fourth-order valence-electron chi connectivity index (χ4n) is 2.16. The number of aromatic nitrogens is 1. The van der Waals surface area contributed by atoms with E-state index < -0.39 is 0 Å². The first-order chi connectivity index (χ1) is 10.6. The summed E-state index contributed by atoms with van der Waals surface area (Å²) in [5.41, 5.74) is 7.80. The number of hydrogen-bond donors (Lipinski definition) is 2. The van der Waals surface area contributed by atoms with Crippen molar-refractivity contribution in [2.45, 2.75) is 32.7 Å². The number of carbonyl (C=O) groups excluding carboxylic acids is 1. The van der Waals surface area contributed by atoms with Gasteiger partial charge in [0.15, 0.2) is 0 Å². The van der Waals surface area contributed by atoms with Gasteiger partial charge < -0.3 is 15.6 Å². The lowest BCUT2D eigenvalue weighted by molar-refractivity contribution is -0.116. The molecule has 1 heterocycles. The third-order valence-electron chi connectivity index (χ3n) is 3.38. The predicted molar refractivity (Wildman–Crippen MR) is 88.8 cm³/mol. The number of nitrogen functional groups attached to an aromatic ring is 1. The molecule has 2 aromatic rings. The smallest absolute Gasteiger partial charge is 0.251 e. The molecule has 0 atom stereocenters. The fourth-order valence-corrected chi connectivity index (χ4v) is 2.16. The number of hydrogen-bond acceptors (Lipinski definition) is 3.